The molecule has 2 aromatic rings. The third-order valence-corrected chi connectivity index (χ3v) is 4.31. The lowest BCUT2D eigenvalue weighted by molar-refractivity contribution is 0.191. The van der Waals surface area contributed by atoms with E-state index in [0.29, 0.717) is 10.8 Å². The SMILES string of the molecule is COc1cccc(Sc2ccccc2Cl)c1C(C)O. The summed E-state index contributed by atoms with van der Waals surface area (Å²) in [5, 5.41) is 10.6. The van der Waals surface area contributed by atoms with Crippen molar-refractivity contribution in [3.63, 3.8) is 0 Å². The highest BCUT2D eigenvalue weighted by atomic mass is 35.5. The molecule has 2 nitrogen and oxygen atoms in total. The molecular formula is C15H15ClO2S. The van der Waals surface area contributed by atoms with Crippen molar-refractivity contribution in [1.29, 1.82) is 0 Å². The molecule has 19 heavy (non-hydrogen) atoms. The van der Waals surface area contributed by atoms with E-state index >= 15 is 0 Å². The number of aliphatic hydroxyl groups excluding tert-OH is 1. The molecule has 0 amide bonds. The van der Waals surface area contributed by atoms with Crippen LogP contribution in [0, 0.1) is 0 Å². The molecule has 0 aliphatic carbocycles. The largest absolute Gasteiger partial charge is 0.496 e. The monoisotopic (exact) mass is 294 g/mol. The Labute approximate surface area is 122 Å². The average Bonchev–Trinajstić information content (AvgIpc) is 2.40. The molecule has 0 spiro atoms. The predicted molar refractivity (Wildman–Crippen MR) is 79.2 cm³/mol. The molecule has 0 aliphatic heterocycles. The topological polar surface area (TPSA) is 29.5 Å². The van der Waals surface area contributed by atoms with Crippen molar-refractivity contribution < 1.29 is 9.84 Å². The van der Waals surface area contributed by atoms with Crippen LogP contribution < -0.4 is 4.74 Å². The van der Waals surface area contributed by atoms with Gasteiger partial charge in [-0.15, -0.1) is 0 Å². The highest BCUT2D eigenvalue weighted by Crippen LogP contribution is 2.40. The summed E-state index contributed by atoms with van der Waals surface area (Å²) in [6.45, 7) is 1.73. The van der Waals surface area contributed by atoms with Gasteiger partial charge < -0.3 is 9.84 Å². The molecule has 0 aliphatic rings. The van der Waals surface area contributed by atoms with E-state index in [0.717, 1.165) is 15.4 Å². The van der Waals surface area contributed by atoms with Crippen LogP contribution in [-0.2, 0) is 0 Å². The zero-order chi connectivity index (χ0) is 13.8. The smallest absolute Gasteiger partial charge is 0.125 e. The first-order chi connectivity index (χ1) is 9.13. The molecule has 0 fully saturated rings. The van der Waals surface area contributed by atoms with E-state index < -0.39 is 6.10 Å². The standard InChI is InChI=1S/C15H15ClO2S/c1-10(17)15-12(18-2)7-5-9-14(15)19-13-8-4-3-6-11(13)16/h3-10,17H,1-2H3. The normalized spacial score (nSPS) is 12.2. The second kappa shape index (κ2) is 6.33. The van der Waals surface area contributed by atoms with Crippen LogP contribution in [0.3, 0.4) is 0 Å². The Hall–Kier alpha value is -1.16. The van der Waals surface area contributed by atoms with Gasteiger partial charge >= 0.3 is 0 Å². The molecular weight excluding hydrogens is 280 g/mol. The summed E-state index contributed by atoms with van der Waals surface area (Å²) < 4.78 is 5.31. The Morgan fingerprint density at radius 1 is 1.11 bits per heavy atom. The first-order valence-electron chi connectivity index (χ1n) is 5.91. The van der Waals surface area contributed by atoms with Crippen molar-refractivity contribution in [2.45, 2.75) is 22.8 Å². The van der Waals surface area contributed by atoms with Crippen LogP contribution in [0.4, 0.5) is 0 Å². The molecule has 1 atom stereocenters. The van der Waals surface area contributed by atoms with E-state index in [2.05, 4.69) is 0 Å². The summed E-state index contributed by atoms with van der Waals surface area (Å²) in [7, 11) is 1.60. The summed E-state index contributed by atoms with van der Waals surface area (Å²) in [6, 6.07) is 13.4. The number of hydrogen-bond donors (Lipinski definition) is 1. The Balaban J connectivity index is 2.43. The number of halogens is 1. The van der Waals surface area contributed by atoms with Crippen LogP contribution in [0.2, 0.25) is 5.02 Å². The van der Waals surface area contributed by atoms with Gasteiger partial charge in [0, 0.05) is 15.4 Å². The highest BCUT2D eigenvalue weighted by Gasteiger charge is 2.15. The zero-order valence-corrected chi connectivity index (χ0v) is 12.3. The van der Waals surface area contributed by atoms with Crippen molar-refractivity contribution in [3.8, 4) is 5.75 Å². The van der Waals surface area contributed by atoms with Crippen LogP contribution >= 0.6 is 23.4 Å². The molecule has 0 saturated heterocycles. The molecule has 0 bridgehead atoms. The van der Waals surface area contributed by atoms with Crippen LogP contribution in [0.25, 0.3) is 0 Å². The van der Waals surface area contributed by atoms with Gasteiger partial charge in [-0.1, -0.05) is 41.6 Å². The first kappa shape index (κ1) is 14.3. The van der Waals surface area contributed by atoms with Crippen LogP contribution in [0.1, 0.15) is 18.6 Å². The van der Waals surface area contributed by atoms with Crippen molar-refractivity contribution in [2.24, 2.45) is 0 Å². The maximum atomic E-state index is 9.94. The summed E-state index contributed by atoms with van der Waals surface area (Å²) in [4.78, 5) is 1.90. The van der Waals surface area contributed by atoms with Gasteiger partial charge in [0.25, 0.3) is 0 Å². The molecule has 1 unspecified atom stereocenters. The number of ether oxygens (including phenoxy) is 1. The lowest BCUT2D eigenvalue weighted by Gasteiger charge is -2.16. The van der Waals surface area contributed by atoms with Gasteiger partial charge in [0.2, 0.25) is 0 Å². The van der Waals surface area contributed by atoms with Crippen molar-refractivity contribution in [3.05, 3.63) is 53.1 Å². The number of aliphatic hydroxyl groups is 1. The van der Waals surface area contributed by atoms with E-state index in [1.54, 1.807) is 14.0 Å². The van der Waals surface area contributed by atoms with Gasteiger partial charge in [-0.3, -0.25) is 0 Å². The Kier molecular flexibility index (Phi) is 4.75. The molecule has 4 heteroatoms. The quantitative estimate of drug-likeness (QED) is 0.897. The Bertz CT molecular complexity index is 570. The minimum atomic E-state index is -0.596. The molecule has 0 heterocycles. The molecule has 0 radical (unpaired) electrons. The van der Waals surface area contributed by atoms with Gasteiger partial charge in [0.15, 0.2) is 0 Å². The second-order valence-corrected chi connectivity index (χ2v) is 5.57. The van der Waals surface area contributed by atoms with E-state index in [4.69, 9.17) is 16.3 Å². The van der Waals surface area contributed by atoms with E-state index in [-0.39, 0.29) is 0 Å². The number of hydrogen-bond acceptors (Lipinski definition) is 3. The number of rotatable bonds is 4. The van der Waals surface area contributed by atoms with Gasteiger partial charge in [-0.25, -0.2) is 0 Å². The van der Waals surface area contributed by atoms with E-state index in [1.807, 2.05) is 42.5 Å². The fraction of sp³-hybridized carbons (Fsp3) is 0.200. The molecule has 100 valence electrons. The third-order valence-electron chi connectivity index (χ3n) is 2.72. The van der Waals surface area contributed by atoms with Crippen molar-refractivity contribution in [2.75, 3.05) is 7.11 Å². The molecule has 2 aromatic carbocycles. The van der Waals surface area contributed by atoms with E-state index in [9.17, 15) is 5.11 Å². The maximum absolute atomic E-state index is 9.94. The zero-order valence-electron chi connectivity index (χ0n) is 10.8. The average molecular weight is 295 g/mol. The van der Waals surface area contributed by atoms with E-state index in [1.165, 1.54) is 11.8 Å². The van der Waals surface area contributed by atoms with Crippen LogP contribution in [0.5, 0.6) is 5.75 Å². The number of benzene rings is 2. The van der Waals surface area contributed by atoms with Crippen LogP contribution in [0.15, 0.2) is 52.3 Å². The minimum Gasteiger partial charge on any atom is -0.496 e. The molecule has 0 saturated carbocycles. The first-order valence-corrected chi connectivity index (χ1v) is 7.10. The van der Waals surface area contributed by atoms with Crippen molar-refractivity contribution >= 4 is 23.4 Å². The molecule has 0 aromatic heterocycles. The lowest BCUT2D eigenvalue weighted by Crippen LogP contribution is -1.98. The highest BCUT2D eigenvalue weighted by molar-refractivity contribution is 7.99. The minimum absolute atomic E-state index is 0.596. The Morgan fingerprint density at radius 2 is 1.79 bits per heavy atom. The van der Waals surface area contributed by atoms with Gasteiger partial charge in [0.1, 0.15) is 5.75 Å². The van der Waals surface area contributed by atoms with Gasteiger partial charge in [-0.05, 0) is 31.2 Å². The summed E-state index contributed by atoms with van der Waals surface area (Å²) >= 11 is 7.69. The summed E-state index contributed by atoms with van der Waals surface area (Å²) in [5.74, 6) is 0.687. The molecule has 2 rings (SSSR count). The van der Waals surface area contributed by atoms with Crippen LogP contribution in [-0.4, -0.2) is 12.2 Å². The lowest BCUT2D eigenvalue weighted by atomic mass is 10.1. The maximum Gasteiger partial charge on any atom is 0.125 e. The second-order valence-electron chi connectivity index (χ2n) is 4.08. The van der Waals surface area contributed by atoms with Gasteiger partial charge in [0.05, 0.1) is 18.2 Å². The number of methoxy groups -OCH3 is 1. The van der Waals surface area contributed by atoms with Gasteiger partial charge in [-0.2, -0.15) is 0 Å². The summed E-state index contributed by atoms with van der Waals surface area (Å²) in [6.07, 6.45) is -0.596. The molecule has 1 N–H and O–H groups in total. The summed E-state index contributed by atoms with van der Waals surface area (Å²) in [5.41, 5.74) is 0.787. The fourth-order valence-corrected chi connectivity index (χ4v) is 3.18. The fourth-order valence-electron chi connectivity index (χ4n) is 1.85. The Morgan fingerprint density at radius 3 is 2.42 bits per heavy atom. The third kappa shape index (κ3) is 3.24. The van der Waals surface area contributed by atoms with Crippen molar-refractivity contribution in [1.82, 2.24) is 0 Å². The predicted octanol–water partition coefficient (Wildman–Crippen LogP) is 4.55.